The van der Waals surface area contributed by atoms with Gasteiger partial charge in [-0.1, -0.05) is 0 Å². The maximum atomic E-state index is 8.68. The molecule has 1 unspecified atom stereocenters. The van der Waals surface area contributed by atoms with Crippen LogP contribution in [0, 0.1) is 11.3 Å². The number of hydrogen-bond acceptors (Lipinski definition) is 5. The molecule has 74 valence electrons. The van der Waals surface area contributed by atoms with Gasteiger partial charge in [0.25, 0.3) is 0 Å². The van der Waals surface area contributed by atoms with E-state index in [9.17, 15) is 0 Å². The predicted octanol–water partition coefficient (Wildman–Crippen LogP) is 0.531. The summed E-state index contributed by atoms with van der Waals surface area (Å²) in [4.78, 5) is 7.86. The minimum atomic E-state index is 0.137. The summed E-state index contributed by atoms with van der Waals surface area (Å²) in [6.07, 6.45) is 3.57. The molecule has 1 atom stereocenters. The van der Waals surface area contributed by atoms with Crippen LogP contribution in [0.25, 0.3) is 0 Å². The van der Waals surface area contributed by atoms with Crippen LogP contribution in [0.4, 0.5) is 5.82 Å². The molecule has 0 amide bonds. The van der Waals surface area contributed by atoms with Gasteiger partial charge in [0, 0.05) is 12.6 Å². The molecule has 2 N–H and O–H groups in total. The van der Waals surface area contributed by atoms with Gasteiger partial charge in [0.15, 0.2) is 5.69 Å². The molecule has 0 saturated heterocycles. The monoisotopic (exact) mass is 192 g/mol. The molecule has 0 saturated carbocycles. The first kappa shape index (κ1) is 10.4. The Hall–Kier alpha value is -1.67. The first-order valence-electron chi connectivity index (χ1n) is 4.36. The molecule has 5 heteroatoms. The Bertz CT molecular complexity index is 317. The molecule has 0 spiro atoms. The number of hydrogen-bond donors (Lipinski definition) is 2. The van der Waals surface area contributed by atoms with Gasteiger partial charge in [0.2, 0.25) is 0 Å². The van der Waals surface area contributed by atoms with E-state index in [1.54, 1.807) is 0 Å². The molecule has 0 radical (unpaired) electrons. The number of nitriles is 1. The van der Waals surface area contributed by atoms with Gasteiger partial charge in [-0.2, -0.15) is 5.26 Å². The van der Waals surface area contributed by atoms with Gasteiger partial charge in [-0.25, -0.2) is 9.97 Å². The quantitative estimate of drug-likeness (QED) is 0.727. The molecule has 0 fully saturated rings. The molecule has 1 aromatic rings. The highest BCUT2D eigenvalue weighted by Crippen LogP contribution is 2.04. The third kappa shape index (κ3) is 2.99. The van der Waals surface area contributed by atoms with E-state index in [2.05, 4.69) is 15.3 Å². The molecule has 0 aromatic carbocycles. The molecule has 0 aliphatic carbocycles. The van der Waals surface area contributed by atoms with Crippen LogP contribution < -0.4 is 5.32 Å². The Morgan fingerprint density at radius 3 is 2.86 bits per heavy atom. The fourth-order valence-corrected chi connectivity index (χ4v) is 0.979. The molecule has 0 aliphatic rings. The molecule has 1 rings (SSSR count). The van der Waals surface area contributed by atoms with E-state index < -0.39 is 0 Å². The Balaban J connectivity index is 2.56. The van der Waals surface area contributed by atoms with Crippen molar-refractivity contribution >= 4 is 5.82 Å². The standard InChI is InChI=1S/C9H12N4O/c1-7(2-3-14)13-9-6-11-8(4-10)5-12-9/h5-7,14H,2-3H2,1H3,(H,12,13). The van der Waals surface area contributed by atoms with Crippen molar-refractivity contribution in [3.63, 3.8) is 0 Å². The second-order valence-corrected chi connectivity index (χ2v) is 2.96. The van der Waals surface area contributed by atoms with E-state index >= 15 is 0 Å². The van der Waals surface area contributed by atoms with Crippen molar-refractivity contribution in [2.24, 2.45) is 0 Å². The van der Waals surface area contributed by atoms with Crippen LogP contribution in [0.2, 0.25) is 0 Å². The predicted molar refractivity (Wildman–Crippen MR) is 51.5 cm³/mol. The number of rotatable bonds is 4. The molecule has 1 heterocycles. The fraction of sp³-hybridized carbons (Fsp3) is 0.444. The minimum Gasteiger partial charge on any atom is -0.396 e. The maximum absolute atomic E-state index is 8.68. The van der Waals surface area contributed by atoms with Crippen molar-refractivity contribution in [3.05, 3.63) is 18.1 Å². The van der Waals surface area contributed by atoms with Crippen molar-refractivity contribution in [1.82, 2.24) is 9.97 Å². The Morgan fingerprint density at radius 2 is 2.36 bits per heavy atom. The van der Waals surface area contributed by atoms with Gasteiger partial charge in [-0.15, -0.1) is 0 Å². The highest BCUT2D eigenvalue weighted by atomic mass is 16.3. The van der Waals surface area contributed by atoms with Gasteiger partial charge in [0.1, 0.15) is 11.9 Å². The maximum Gasteiger partial charge on any atom is 0.158 e. The highest BCUT2D eigenvalue weighted by Gasteiger charge is 2.02. The fourth-order valence-electron chi connectivity index (χ4n) is 0.979. The van der Waals surface area contributed by atoms with Gasteiger partial charge >= 0.3 is 0 Å². The van der Waals surface area contributed by atoms with E-state index in [1.165, 1.54) is 12.4 Å². The third-order valence-electron chi connectivity index (χ3n) is 1.72. The summed E-state index contributed by atoms with van der Waals surface area (Å²) in [6.45, 7) is 2.08. The van der Waals surface area contributed by atoms with Gasteiger partial charge in [-0.3, -0.25) is 0 Å². The van der Waals surface area contributed by atoms with Crippen LogP contribution in [-0.2, 0) is 0 Å². The van der Waals surface area contributed by atoms with Gasteiger partial charge < -0.3 is 10.4 Å². The van der Waals surface area contributed by atoms with Crippen molar-refractivity contribution < 1.29 is 5.11 Å². The normalized spacial score (nSPS) is 11.8. The van der Waals surface area contributed by atoms with Crippen LogP contribution in [-0.4, -0.2) is 27.7 Å². The lowest BCUT2D eigenvalue weighted by Crippen LogP contribution is -2.17. The smallest absolute Gasteiger partial charge is 0.158 e. The molecule has 0 aliphatic heterocycles. The number of aliphatic hydroxyl groups is 1. The summed E-state index contributed by atoms with van der Waals surface area (Å²) in [5.41, 5.74) is 0.297. The van der Waals surface area contributed by atoms with E-state index in [4.69, 9.17) is 10.4 Å². The Kier molecular flexibility index (Phi) is 3.83. The molecule has 0 bridgehead atoms. The van der Waals surface area contributed by atoms with E-state index in [1.807, 2.05) is 13.0 Å². The summed E-state index contributed by atoms with van der Waals surface area (Å²) in [5.74, 6) is 0.616. The first-order chi connectivity index (χ1) is 6.76. The first-order valence-corrected chi connectivity index (χ1v) is 4.36. The number of anilines is 1. The zero-order valence-corrected chi connectivity index (χ0v) is 7.94. The zero-order chi connectivity index (χ0) is 10.4. The molecule has 5 nitrogen and oxygen atoms in total. The van der Waals surface area contributed by atoms with Crippen molar-refractivity contribution in [1.29, 1.82) is 5.26 Å². The lowest BCUT2D eigenvalue weighted by atomic mass is 10.2. The lowest BCUT2D eigenvalue weighted by Gasteiger charge is -2.11. The summed E-state index contributed by atoms with van der Waals surface area (Å²) in [6, 6.07) is 2.03. The summed E-state index contributed by atoms with van der Waals surface area (Å²) < 4.78 is 0. The second kappa shape index (κ2) is 5.14. The topological polar surface area (TPSA) is 81.8 Å². The number of nitrogens with zero attached hydrogens (tertiary/aromatic N) is 3. The summed E-state index contributed by atoms with van der Waals surface area (Å²) >= 11 is 0. The van der Waals surface area contributed by atoms with Gasteiger partial charge in [0.05, 0.1) is 12.4 Å². The van der Waals surface area contributed by atoms with Crippen LogP contribution in [0.3, 0.4) is 0 Å². The van der Waals surface area contributed by atoms with E-state index in [0.29, 0.717) is 17.9 Å². The number of nitrogens with one attached hydrogen (secondary N) is 1. The van der Waals surface area contributed by atoms with Crippen molar-refractivity contribution in [2.75, 3.05) is 11.9 Å². The van der Waals surface area contributed by atoms with E-state index in [0.717, 1.165) is 0 Å². The van der Waals surface area contributed by atoms with Crippen LogP contribution in [0.15, 0.2) is 12.4 Å². The molecular weight excluding hydrogens is 180 g/mol. The number of aliphatic hydroxyl groups excluding tert-OH is 1. The van der Waals surface area contributed by atoms with Crippen LogP contribution in [0.5, 0.6) is 0 Å². The second-order valence-electron chi connectivity index (χ2n) is 2.96. The number of aromatic nitrogens is 2. The summed E-state index contributed by atoms with van der Waals surface area (Å²) in [5, 5.41) is 20.2. The summed E-state index contributed by atoms with van der Waals surface area (Å²) in [7, 11) is 0. The molecule has 1 aromatic heterocycles. The zero-order valence-electron chi connectivity index (χ0n) is 7.94. The van der Waals surface area contributed by atoms with Crippen molar-refractivity contribution in [3.8, 4) is 6.07 Å². The molecule has 14 heavy (non-hydrogen) atoms. The Morgan fingerprint density at radius 1 is 1.57 bits per heavy atom. The lowest BCUT2D eigenvalue weighted by molar-refractivity contribution is 0.282. The van der Waals surface area contributed by atoms with Gasteiger partial charge in [-0.05, 0) is 13.3 Å². The average Bonchev–Trinajstić information content (AvgIpc) is 2.19. The average molecular weight is 192 g/mol. The molecular formula is C9H12N4O. The van der Waals surface area contributed by atoms with E-state index in [-0.39, 0.29) is 12.6 Å². The van der Waals surface area contributed by atoms with Crippen LogP contribution >= 0.6 is 0 Å². The highest BCUT2D eigenvalue weighted by molar-refractivity contribution is 5.33. The minimum absolute atomic E-state index is 0.137. The SMILES string of the molecule is CC(CCO)Nc1cnc(C#N)cn1. The Labute approximate surface area is 82.4 Å². The largest absolute Gasteiger partial charge is 0.396 e. The van der Waals surface area contributed by atoms with Crippen molar-refractivity contribution in [2.45, 2.75) is 19.4 Å². The van der Waals surface area contributed by atoms with Crippen LogP contribution in [0.1, 0.15) is 19.0 Å². The third-order valence-corrected chi connectivity index (χ3v) is 1.72.